The number of nitriles is 1. The van der Waals surface area contributed by atoms with Gasteiger partial charge in [0.05, 0.1) is 23.0 Å². The summed E-state index contributed by atoms with van der Waals surface area (Å²) in [5.74, 6) is -0.199. The predicted octanol–water partition coefficient (Wildman–Crippen LogP) is 14.3. The molecule has 13 rings (SSSR count). The first-order valence-electron chi connectivity index (χ1n) is 20.3. The molecule has 0 N–H and O–H groups in total. The molecule has 1 aliphatic carbocycles. The maximum absolute atomic E-state index is 9.71. The molecule has 6 heteroatoms. The lowest BCUT2D eigenvalue weighted by atomic mass is 9.81. The van der Waals surface area contributed by atoms with Gasteiger partial charge in [-0.25, -0.2) is 9.97 Å². The number of para-hydroxylation sites is 2. The quantitative estimate of drug-likeness (QED) is 0.178. The highest BCUT2D eigenvalue weighted by atomic mass is 16.3. The van der Waals surface area contributed by atoms with E-state index in [0.29, 0.717) is 11.3 Å². The highest BCUT2D eigenvalue weighted by molar-refractivity contribution is 6.22. The lowest BCUT2D eigenvalue weighted by Gasteiger charge is -2.23. The molecule has 8 aromatic carbocycles. The Morgan fingerprint density at radius 3 is 2.15 bits per heavy atom. The van der Waals surface area contributed by atoms with Crippen LogP contribution in [0, 0.1) is 11.3 Å². The number of benzene rings is 8. The molecule has 60 heavy (non-hydrogen) atoms. The molecule has 4 heterocycles. The number of rotatable bonds is 3. The van der Waals surface area contributed by atoms with Gasteiger partial charge in [0, 0.05) is 49.4 Å². The Balaban J connectivity index is 1.19. The van der Waals surface area contributed by atoms with Crippen LogP contribution in [0.4, 0.5) is 0 Å². The molecule has 0 amide bonds. The van der Waals surface area contributed by atoms with Gasteiger partial charge >= 0.3 is 0 Å². The van der Waals surface area contributed by atoms with E-state index in [9.17, 15) is 5.26 Å². The number of hydrogen-bond donors (Lipinski definition) is 0. The minimum atomic E-state index is -0.199. The van der Waals surface area contributed by atoms with E-state index in [1.807, 2.05) is 60.7 Å². The molecule has 0 aliphatic heterocycles. The van der Waals surface area contributed by atoms with Gasteiger partial charge in [-0.1, -0.05) is 103 Å². The van der Waals surface area contributed by atoms with Crippen molar-refractivity contribution in [2.45, 2.75) is 18.8 Å². The molecule has 0 bridgehead atoms. The van der Waals surface area contributed by atoms with Gasteiger partial charge in [-0.2, -0.15) is 5.26 Å². The number of hydrogen-bond acceptors (Lipinski definition) is 6. The predicted molar refractivity (Wildman–Crippen MR) is 239 cm³/mol. The number of nitrogens with zero attached hydrogens (tertiary/aromatic N) is 3. The number of fused-ring (bicyclic) bond motifs is 14. The van der Waals surface area contributed by atoms with E-state index in [4.69, 9.17) is 23.2 Å². The van der Waals surface area contributed by atoms with Crippen LogP contribution in [0.5, 0.6) is 0 Å². The van der Waals surface area contributed by atoms with E-state index < -0.39 is 0 Å². The molecule has 0 saturated carbocycles. The normalized spacial score (nSPS) is 14.0. The third-order valence-corrected chi connectivity index (χ3v) is 12.6. The third-order valence-electron chi connectivity index (χ3n) is 12.6. The lowest BCUT2D eigenvalue weighted by Crippen LogP contribution is -2.09. The Hall–Kier alpha value is -8.01. The highest BCUT2D eigenvalue weighted by Crippen LogP contribution is 2.53. The van der Waals surface area contributed by atoms with Gasteiger partial charge in [0.2, 0.25) is 5.71 Å². The fraction of sp³-hybridized carbons (Fsp3) is 0.0556. The van der Waals surface area contributed by atoms with Crippen molar-refractivity contribution in [3.8, 4) is 39.6 Å². The Morgan fingerprint density at radius 2 is 1.28 bits per heavy atom. The average molecular weight is 770 g/mol. The van der Waals surface area contributed by atoms with Crippen LogP contribution >= 0.6 is 0 Å². The van der Waals surface area contributed by atoms with Gasteiger partial charge < -0.3 is 13.3 Å². The zero-order chi connectivity index (χ0) is 39.5. The van der Waals surface area contributed by atoms with Crippen molar-refractivity contribution in [3.63, 3.8) is 0 Å². The highest BCUT2D eigenvalue weighted by Gasteiger charge is 2.33. The molecular formula is C54H31N3O3. The molecule has 12 aromatic rings. The maximum atomic E-state index is 9.71. The van der Waals surface area contributed by atoms with Crippen molar-refractivity contribution in [1.29, 1.82) is 5.26 Å². The fourth-order valence-electron chi connectivity index (χ4n) is 9.84. The minimum absolute atomic E-state index is 0.199. The zero-order valence-electron chi connectivity index (χ0n) is 32.1. The summed E-state index contributed by atoms with van der Waals surface area (Å²) in [6.45, 7) is 0. The summed E-state index contributed by atoms with van der Waals surface area (Å²) in [5.41, 5.74) is 15.4. The minimum Gasteiger partial charge on any atom is -0.456 e. The molecule has 4 aromatic heterocycles. The van der Waals surface area contributed by atoms with Crippen LogP contribution in [0.1, 0.15) is 34.7 Å². The summed E-state index contributed by atoms with van der Waals surface area (Å²) in [4.78, 5) is 10.9. The fourth-order valence-corrected chi connectivity index (χ4v) is 9.84. The molecule has 6 nitrogen and oxygen atoms in total. The van der Waals surface area contributed by atoms with Gasteiger partial charge in [-0.3, -0.25) is 0 Å². The first kappa shape index (κ1) is 33.0. The smallest absolute Gasteiger partial charge is 0.246 e. The van der Waals surface area contributed by atoms with E-state index in [1.54, 1.807) is 0 Å². The largest absolute Gasteiger partial charge is 0.456 e. The molecule has 1 aliphatic rings. The first-order chi connectivity index (χ1) is 29.7. The van der Waals surface area contributed by atoms with E-state index >= 15 is 0 Å². The third kappa shape index (κ3) is 4.75. The van der Waals surface area contributed by atoms with Crippen LogP contribution < -0.4 is 0 Å². The molecular weight excluding hydrogens is 739 g/mol. The maximum Gasteiger partial charge on any atom is 0.246 e. The van der Waals surface area contributed by atoms with E-state index in [-0.39, 0.29) is 5.92 Å². The Bertz CT molecular complexity index is 3810. The van der Waals surface area contributed by atoms with Gasteiger partial charge in [-0.05, 0) is 101 Å². The molecule has 0 saturated heterocycles. The van der Waals surface area contributed by atoms with Gasteiger partial charge in [-0.15, -0.1) is 0 Å². The van der Waals surface area contributed by atoms with Crippen LogP contribution in [-0.4, -0.2) is 9.97 Å². The molecule has 0 spiro atoms. The summed E-state index contributed by atoms with van der Waals surface area (Å²) in [6.07, 6.45) is 1.61. The average Bonchev–Trinajstić information content (AvgIpc) is 3.96. The second kappa shape index (κ2) is 12.5. The Kier molecular flexibility index (Phi) is 6.87. The standard InChI is InChI=1S/C54H31N3O3/c55-29-30-17-19-33(20-18-30)50-51(56-52-39-14-6-8-16-44(39)60-54(52)57-50)38-24-21-31-9-1-3-11-35(31)48-42(38)28-46-49(40-25-22-32-10-2-4-12-36(32)53(40)59-46)47(48)34-23-26-45-41(27-34)37-13-5-7-15-43(37)58-45/h1-20,22-23,25-28,38H,21,24H2. The van der Waals surface area contributed by atoms with Crippen molar-refractivity contribution in [2.24, 2.45) is 0 Å². The molecule has 0 radical (unpaired) electrons. The summed E-state index contributed by atoms with van der Waals surface area (Å²) in [5, 5.41) is 17.1. The van der Waals surface area contributed by atoms with Gasteiger partial charge in [0.25, 0.3) is 0 Å². The summed E-state index contributed by atoms with van der Waals surface area (Å²) < 4.78 is 19.8. The molecule has 0 fully saturated rings. The van der Waals surface area contributed by atoms with E-state index in [0.717, 1.165) is 123 Å². The second-order valence-electron chi connectivity index (χ2n) is 15.8. The van der Waals surface area contributed by atoms with Crippen molar-refractivity contribution in [1.82, 2.24) is 9.97 Å². The summed E-state index contributed by atoms with van der Waals surface area (Å²) in [7, 11) is 0. The number of furan rings is 3. The Morgan fingerprint density at radius 1 is 0.550 bits per heavy atom. The van der Waals surface area contributed by atoms with Crippen molar-refractivity contribution >= 4 is 76.8 Å². The zero-order valence-corrected chi connectivity index (χ0v) is 32.1. The van der Waals surface area contributed by atoms with Crippen molar-refractivity contribution in [3.05, 3.63) is 180 Å². The SMILES string of the molecule is N#Cc1ccc(-c2nc3oc4ccccc4c3nc2C2CCc3ccccc3-c3c2cc2oc4c5ccccc5ccc4c2c3-c2ccc3oc4ccccc4c3c2)cc1. The monoisotopic (exact) mass is 769 g/mol. The van der Waals surface area contributed by atoms with E-state index in [1.165, 1.54) is 11.1 Å². The number of aryl methyl sites for hydroxylation is 1. The topological polar surface area (TPSA) is 89.0 Å². The summed E-state index contributed by atoms with van der Waals surface area (Å²) in [6, 6.07) is 56.7. The van der Waals surface area contributed by atoms with Gasteiger partial charge in [0.15, 0.2) is 0 Å². The van der Waals surface area contributed by atoms with Crippen LogP contribution in [0.3, 0.4) is 0 Å². The summed E-state index contributed by atoms with van der Waals surface area (Å²) >= 11 is 0. The van der Waals surface area contributed by atoms with Gasteiger partial charge in [0.1, 0.15) is 33.4 Å². The lowest BCUT2D eigenvalue weighted by molar-refractivity contribution is 0.648. The number of aromatic nitrogens is 2. The van der Waals surface area contributed by atoms with Crippen LogP contribution in [0.2, 0.25) is 0 Å². The van der Waals surface area contributed by atoms with Crippen molar-refractivity contribution in [2.75, 3.05) is 0 Å². The van der Waals surface area contributed by atoms with Crippen LogP contribution in [0.15, 0.2) is 171 Å². The van der Waals surface area contributed by atoms with Crippen molar-refractivity contribution < 1.29 is 13.3 Å². The van der Waals surface area contributed by atoms with E-state index in [2.05, 4.69) is 103 Å². The molecule has 1 unspecified atom stereocenters. The molecule has 1 atom stereocenters. The van der Waals surface area contributed by atoms with Crippen LogP contribution in [0.25, 0.3) is 110 Å². The first-order valence-corrected chi connectivity index (χ1v) is 20.3. The second-order valence-corrected chi connectivity index (χ2v) is 15.8. The Labute approximate surface area is 342 Å². The molecule has 280 valence electrons. The van der Waals surface area contributed by atoms with Crippen LogP contribution in [-0.2, 0) is 6.42 Å².